The first-order chi connectivity index (χ1) is 14.8. The van der Waals surface area contributed by atoms with Crippen LogP contribution in [0.15, 0.2) is 66.7 Å². The van der Waals surface area contributed by atoms with Crippen molar-refractivity contribution in [1.82, 2.24) is 24.1 Å². The number of pyridine rings is 1. The normalized spacial score (nSPS) is 10.2. The van der Waals surface area contributed by atoms with Crippen molar-refractivity contribution in [3.8, 4) is 23.0 Å². The molecule has 5 nitrogen and oxygen atoms in total. The molecule has 0 fully saturated rings. The van der Waals surface area contributed by atoms with E-state index in [2.05, 4.69) is 65.4 Å². The van der Waals surface area contributed by atoms with Crippen LogP contribution in [0.1, 0.15) is 26.7 Å². The molecule has 0 aliphatic carbocycles. The molecule has 9 heteroatoms. The Balaban J connectivity index is 0.00000144. The first-order valence-electron chi connectivity index (χ1n) is 10.7. The van der Waals surface area contributed by atoms with Gasteiger partial charge in [0.1, 0.15) is 11.4 Å². The van der Waals surface area contributed by atoms with Gasteiger partial charge in [0.15, 0.2) is 11.6 Å². The molecule has 3 heterocycles. The van der Waals surface area contributed by atoms with Crippen molar-refractivity contribution in [3.05, 3.63) is 66.7 Å². The number of hydrogen-bond donors (Lipinski definition) is 0. The van der Waals surface area contributed by atoms with Crippen LogP contribution in [-0.4, -0.2) is 24.1 Å². The Labute approximate surface area is 230 Å². The van der Waals surface area contributed by atoms with Gasteiger partial charge in [-0.2, -0.15) is 0 Å². The quantitative estimate of drug-likeness (QED) is 0.225. The molecule has 5 aromatic rings. The third-order valence-electron chi connectivity index (χ3n) is 5.41. The topological polar surface area (TPSA) is 48.5 Å². The maximum absolute atomic E-state index is 5.02. The van der Waals surface area contributed by atoms with E-state index in [9.17, 15) is 0 Å². The summed E-state index contributed by atoms with van der Waals surface area (Å²) in [6.07, 6.45) is 2.08. The van der Waals surface area contributed by atoms with E-state index in [1.54, 1.807) is 0 Å². The standard InChI is InChI=1S/C25H25N5.3ClH.V/c1-3-16-29-22-14-7-5-10-18(22)27-24(29)20-12-9-13-21(26-20)25-28-19-11-6-8-15-23(19)30(25)17-4-2;;;;/h5-15H,3-4,16-17H2,1-2H3;3*1H;/p-3. The summed E-state index contributed by atoms with van der Waals surface area (Å²) in [4.78, 5) is 14.8. The van der Waals surface area contributed by atoms with Crippen LogP contribution in [0.3, 0.4) is 0 Å². The number of aryl methyl sites for hydroxylation is 2. The predicted molar refractivity (Wildman–Crippen MR) is 122 cm³/mol. The van der Waals surface area contributed by atoms with E-state index in [4.69, 9.17) is 15.0 Å². The van der Waals surface area contributed by atoms with Gasteiger partial charge in [0.05, 0.1) is 22.1 Å². The number of rotatable bonds is 6. The summed E-state index contributed by atoms with van der Waals surface area (Å²) in [7, 11) is 0. The van der Waals surface area contributed by atoms with Crippen LogP contribution >= 0.6 is 0 Å². The molecule has 0 atom stereocenters. The van der Waals surface area contributed by atoms with E-state index < -0.39 is 0 Å². The maximum Gasteiger partial charge on any atom is 0.159 e. The van der Waals surface area contributed by atoms with Gasteiger partial charge in [0.25, 0.3) is 0 Å². The second-order valence-corrected chi connectivity index (χ2v) is 7.56. The van der Waals surface area contributed by atoms with E-state index >= 15 is 0 Å². The largest absolute Gasteiger partial charge is 1.00 e. The monoisotopic (exact) mass is 551 g/mol. The van der Waals surface area contributed by atoms with E-state index in [1.165, 1.54) is 0 Å². The fourth-order valence-corrected chi connectivity index (χ4v) is 4.13. The molecule has 0 N–H and O–H groups in total. The summed E-state index contributed by atoms with van der Waals surface area (Å²) in [5, 5.41) is 0. The van der Waals surface area contributed by atoms with Gasteiger partial charge in [0, 0.05) is 31.6 Å². The van der Waals surface area contributed by atoms with Crippen LogP contribution in [-0.2, 0) is 31.6 Å². The van der Waals surface area contributed by atoms with Gasteiger partial charge in [-0.3, -0.25) is 0 Å². The van der Waals surface area contributed by atoms with Crippen molar-refractivity contribution in [3.63, 3.8) is 0 Å². The minimum absolute atomic E-state index is 0. The molecule has 0 saturated carbocycles. The molecule has 0 amide bonds. The molecule has 34 heavy (non-hydrogen) atoms. The molecule has 179 valence electrons. The molecule has 0 aliphatic heterocycles. The molecule has 2 aromatic carbocycles. The van der Waals surface area contributed by atoms with Crippen LogP contribution in [0.2, 0.25) is 0 Å². The Bertz CT molecular complexity index is 1250. The average molecular weight is 553 g/mol. The van der Waals surface area contributed by atoms with E-state index in [-0.39, 0.29) is 55.8 Å². The zero-order valence-corrected chi connectivity index (χ0v) is 22.7. The minimum atomic E-state index is 0. The summed E-state index contributed by atoms with van der Waals surface area (Å²) >= 11 is 0. The number of imidazole rings is 2. The minimum Gasteiger partial charge on any atom is -1.00 e. The number of hydrogen-bond acceptors (Lipinski definition) is 3. The van der Waals surface area contributed by atoms with Gasteiger partial charge in [-0.05, 0) is 49.2 Å². The molecule has 0 unspecified atom stereocenters. The van der Waals surface area contributed by atoms with Gasteiger partial charge in [-0.15, -0.1) is 0 Å². The molecule has 3 aromatic heterocycles. The molecule has 0 saturated heterocycles. The second-order valence-electron chi connectivity index (χ2n) is 7.56. The van der Waals surface area contributed by atoms with E-state index in [0.717, 1.165) is 71.0 Å². The summed E-state index contributed by atoms with van der Waals surface area (Å²) in [5.41, 5.74) is 6.08. The molecule has 1 radical (unpaired) electrons. The van der Waals surface area contributed by atoms with E-state index in [0.29, 0.717) is 0 Å². The summed E-state index contributed by atoms with van der Waals surface area (Å²) in [5.74, 6) is 1.83. The number of halogens is 3. The third-order valence-corrected chi connectivity index (χ3v) is 5.41. The molecule has 5 rings (SSSR count). The van der Waals surface area contributed by atoms with Gasteiger partial charge in [0.2, 0.25) is 0 Å². The molecular weight excluding hydrogens is 528 g/mol. The molecule has 0 aliphatic rings. The molecular formula is C25H25Cl3N5V-3. The number of aromatic nitrogens is 5. The maximum atomic E-state index is 5.02. The number of benzene rings is 2. The van der Waals surface area contributed by atoms with Crippen LogP contribution in [0, 0.1) is 0 Å². The second kappa shape index (κ2) is 13.2. The van der Waals surface area contributed by atoms with Crippen molar-refractivity contribution in [2.75, 3.05) is 0 Å². The summed E-state index contributed by atoms with van der Waals surface area (Å²) < 4.78 is 4.55. The molecule has 0 bridgehead atoms. The van der Waals surface area contributed by atoms with Crippen LogP contribution < -0.4 is 37.2 Å². The SMILES string of the molecule is CCCn1c(-c2cccc(-c3nc4ccccc4n3CCC)n2)nc2ccccc21.[Cl-].[Cl-].[Cl-].[V]. The Kier molecular flexibility index (Phi) is 11.6. The van der Waals surface area contributed by atoms with Crippen molar-refractivity contribution in [1.29, 1.82) is 0 Å². The Morgan fingerprint density at radius 3 is 1.38 bits per heavy atom. The van der Waals surface area contributed by atoms with Gasteiger partial charge >= 0.3 is 0 Å². The van der Waals surface area contributed by atoms with E-state index in [1.807, 2.05) is 24.3 Å². The zero-order chi connectivity index (χ0) is 20.5. The fraction of sp³-hybridized carbons (Fsp3) is 0.240. The predicted octanol–water partition coefficient (Wildman–Crippen LogP) is -3.06. The van der Waals surface area contributed by atoms with Gasteiger partial charge in [-0.1, -0.05) is 44.2 Å². The average Bonchev–Trinajstić information content (AvgIpc) is 3.34. The van der Waals surface area contributed by atoms with Crippen molar-refractivity contribution >= 4 is 22.1 Å². The third kappa shape index (κ3) is 5.45. The van der Waals surface area contributed by atoms with Gasteiger partial charge < -0.3 is 46.4 Å². The first-order valence-corrected chi connectivity index (χ1v) is 10.7. The van der Waals surface area contributed by atoms with Crippen molar-refractivity contribution < 1.29 is 55.8 Å². The zero-order valence-electron chi connectivity index (χ0n) is 19.0. The van der Waals surface area contributed by atoms with Crippen LogP contribution in [0.5, 0.6) is 0 Å². The Morgan fingerprint density at radius 1 is 0.559 bits per heavy atom. The number of fused-ring (bicyclic) bond motifs is 2. The molecule has 0 spiro atoms. The van der Waals surface area contributed by atoms with Crippen LogP contribution in [0.25, 0.3) is 45.1 Å². The smallest absolute Gasteiger partial charge is 0.159 e. The van der Waals surface area contributed by atoms with Gasteiger partial charge in [-0.25, -0.2) is 15.0 Å². The fourth-order valence-electron chi connectivity index (χ4n) is 4.13. The summed E-state index contributed by atoms with van der Waals surface area (Å²) in [6, 6.07) is 22.7. The first kappa shape index (κ1) is 30.0. The van der Waals surface area contributed by atoms with Crippen LogP contribution in [0.4, 0.5) is 0 Å². The summed E-state index contributed by atoms with van der Waals surface area (Å²) in [6.45, 7) is 6.21. The van der Waals surface area contributed by atoms with Crippen molar-refractivity contribution in [2.24, 2.45) is 0 Å². The Morgan fingerprint density at radius 2 is 0.971 bits per heavy atom. The Hall–Kier alpha value is -2.02. The number of nitrogens with zero attached hydrogens (tertiary/aromatic N) is 5. The number of para-hydroxylation sites is 4. The van der Waals surface area contributed by atoms with Crippen molar-refractivity contribution in [2.45, 2.75) is 39.8 Å².